The lowest BCUT2D eigenvalue weighted by molar-refractivity contribution is 0.101. The highest BCUT2D eigenvalue weighted by Crippen LogP contribution is 2.27. The van der Waals surface area contributed by atoms with Gasteiger partial charge in [-0.05, 0) is 56.3 Å². The lowest BCUT2D eigenvalue weighted by atomic mass is 10.1. The summed E-state index contributed by atoms with van der Waals surface area (Å²) in [5.74, 6) is -0.256. The molecule has 1 N–H and O–H groups in total. The highest BCUT2D eigenvalue weighted by Gasteiger charge is 2.18. The van der Waals surface area contributed by atoms with Gasteiger partial charge in [-0.1, -0.05) is 12.1 Å². The van der Waals surface area contributed by atoms with Crippen LogP contribution in [0.5, 0.6) is 0 Å². The van der Waals surface area contributed by atoms with Crippen LogP contribution < -0.4 is 10.2 Å². The molecular weight excluding hydrogens is 381 g/mol. The van der Waals surface area contributed by atoms with Gasteiger partial charge in [-0.15, -0.1) is 0 Å². The van der Waals surface area contributed by atoms with Crippen LogP contribution in [0.2, 0.25) is 0 Å². The topological polar surface area (TPSA) is 46.5 Å². The molecule has 3 aromatic rings. The summed E-state index contributed by atoms with van der Waals surface area (Å²) in [6.07, 6.45) is 0. The number of nitrogens with zero attached hydrogens (tertiary/aromatic N) is 2. The normalized spacial score (nSPS) is 14.0. The van der Waals surface area contributed by atoms with E-state index in [4.69, 9.17) is 4.74 Å². The molecule has 0 saturated carbocycles. The molecule has 1 aromatic heterocycles. The second-order valence-corrected chi connectivity index (χ2v) is 7.49. The van der Waals surface area contributed by atoms with Crippen molar-refractivity contribution in [2.24, 2.45) is 0 Å². The minimum Gasteiger partial charge on any atom is -0.378 e. The van der Waals surface area contributed by atoms with Gasteiger partial charge in [-0.2, -0.15) is 0 Å². The second kappa shape index (κ2) is 8.71. The Morgan fingerprint density at radius 1 is 1.07 bits per heavy atom. The lowest BCUT2D eigenvalue weighted by Crippen LogP contribution is -2.36. The number of ketones is 1. The number of halogens is 1. The third-order valence-electron chi connectivity index (χ3n) is 5.51. The van der Waals surface area contributed by atoms with Crippen molar-refractivity contribution < 1.29 is 13.9 Å². The summed E-state index contributed by atoms with van der Waals surface area (Å²) in [6.45, 7) is 7.18. The molecule has 1 saturated heterocycles. The van der Waals surface area contributed by atoms with E-state index < -0.39 is 0 Å². The summed E-state index contributed by atoms with van der Waals surface area (Å²) in [4.78, 5) is 15.3. The third kappa shape index (κ3) is 4.09. The summed E-state index contributed by atoms with van der Waals surface area (Å²) in [7, 11) is 0. The maximum atomic E-state index is 13.3. The zero-order valence-corrected chi connectivity index (χ0v) is 17.3. The van der Waals surface area contributed by atoms with Crippen LogP contribution in [0, 0.1) is 19.7 Å². The van der Waals surface area contributed by atoms with Gasteiger partial charge in [-0.3, -0.25) is 4.79 Å². The average Bonchev–Trinajstić information content (AvgIpc) is 3.07. The number of para-hydroxylation sites is 2. The number of hydrogen-bond acceptors (Lipinski definition) is 4. The largest absolute Gasteiger partial charge is 0.378 e. The van der Waals surface area contributed by atoms with E-state index in [1.165, 1.54) is 12.1 Å². The van der Waals surface area contributed by atoms with Gasteiger partial charge < -0.3 is 19.5 Å². The van der Waals surface area contributed by atoms with Crippen molar-refractivity contribution in [1.29, 1.82) is 0 Å². The van der Waals surface area contributed by atoms with Crippen molar-refractivity contribution in [3.05, 3.63) is 77.4 Å². The molecule has 0 amide bonds. The van der Waals surface area contributed by atoms with E-state index in [0.29, 0.717) is 18.8 Å². The summed E-state index contributed by atoms with van der Waals surface area (Å²) >= 11 is 0. The van der Waals surface area contributed by atoms with Crippen molar-refractivity contribution in [3.63, 3.8) is 0 Å². The van der Waals surface area contributed by atoms with Crippen molar-refractivity contribution in [2.75, 3.05) is 43.1 Å². The standard InChI is InChI=1S/C24H26FN3O2/c1-17-15-21(18(2)28(17)20-9-7-19(25)8-10-20)24(29)16-26-22-5-3-4-6-23(22)27-11-13-30-14-12-27/h3-10,15,26H,11-14,16H2,1-2H3. The molecule has 30 heavy (non-hydrogen) atoms. The van der Waals surface area contributed by atoms with Gasteiger partial charge in [0, 0.05) is 35.7 Å². The number of hydrogen-bond donors (Lipinski definition) is 1. The first-order valence-corrected chi connectivity index (χ1v) is 10.2. The molecule has 1 aliphatic rings. The van der Waals surface area contributed by atoms with Crippen molar-refractivity contribution >= 4 is 17.2 Å². The van der Waals surface area contributed by atoms with Crippen LogP contribution in [-0.4, -0.2) is 43.2 Å². The van der Waals surface area contributed by atoms with Gasteiger partial charge >= 0.3 is 0 Å². The highest BCUT2D eigenvalue weighted by molar-refractivity contribution is 6.00. The second-order valence-electron chi connectivity index (χ2n) is 7.49. The van der Waals surface area contributed by atoms with Crippen molar-refractivity contribution in [3.8, 4) is 5.69 Å². The van der Waals surface area contributed by atoms with Crippen LogP contribution in [0.1, 0.15) is 21.7 Å². The number of rotatable bonds is 6. The van der Waals surface area contributed by atoms with E-state index in [0.717, 1.165) is 41.5 Å². The summed E-state index contributed by atoms with van der Waals surface area (Å²) in [5, 5.41) is 3.32. The maximum Gasteiger partial charge on any atom is 0.183 e. The molecule has 2 heterocycles. The fraction of sp³-hybridized carbons (Fsp3) is 0.292. The molecule has 0 radical (unpaired) electrons. The zero-order valence-electron chi connectivity index (χ0n) is 17.3. The molecule has 0 unspecified atom stereocenters. The van der Waals surface area contributed by atoms with Crippen LogP contribution in [0.15, 0.2) is 54.6 Å². The Bertz CT molecular complexity index is 1040. The van der Waals surface area contributed by atoms with Gasteiger partial charge in [0.1, 0.15) is 5.82 Å². The molecule has 0 spiro atoms. The Kier molecular flexibility index (Phi) is 5.86. The van der Waals surface area contributed by atoms with Crippen molar-refractivity contribution in [1.82, 2.24) is 4.57 Å². The predicted molar refractivity (Wildman–Crippen MR) is 117 cm³/mol. The average molecular weight is 407 g/mol. The van der Waals surface area contributed by atoms with Crippen LogP contribution in [-0.2, 0) is 4.74 Å². The van der Waals surface area contributed by atoms with Crippen LogP contribution in [0.3, 0.4) is 0 Å². The van der Waals surface area contributed by atoms with Gasteiger partial charge in [-0.25, -0.2) is 4.39 Å². The number of nitrogens with one attached hydrogen (secondary N) is 1. The number of morpholine rings is 1. The van der Waals surface area contributed by atoms with E-state index in [1.807, 2.05) is 42.7 Å². The number of benzene rings is 2. The molecule has 5 nitrogen and oxygen atoms in total. The van der Waals surface area contributed by atoms with Gasteiger partial charge in [0.2, 0.25) is 0 Å². The Morgan fingerprint density at radius 2 is 1.77 bits per heavy atom. The van der Waals surface area contributed by atoms with Crippen LogP contribution >= 0.6 is 0 Å². The number of carbonyl (C=O) groups is 1. The highest BCUT2D eigenvalue weighted by atomic mass is 19.1. The molecule has 156 valence electrons. The maximum absolute atomic E-state index is 13.3. The SMILES string of the molecule is Cc1cc(C(=O)CNc2ccccc2N2CCOCC2)c(C)n1-c1ccc(F)cc1. The lowest BCUT2D eigenvalue weighted by Gasteiger charge is -2.30. The number of Topliss-reactive ketones (excluding diaryl/α,β-unsaturated/α-hetero) is 1. The molecule has 0 bridgehead atoms. The molecule has 1 fully saturated rings. The first-order chi connectivity index (χ1) is 14.5. The number of carbonyl (C=O) groups excluding carboxylic acids is 1. The molecule has 2 aromatic carbocycles. The summed E-state index contributed by atoms with van der Waals surface area (Å²) in [6, 6.07) is 16.3. The summed E-state index contributed by atoms with van der Waals surface area (Å²) in [5.41, 5.74) is 5.35. The van der Waals surface area contributed by atoms with Crippen molar-refractivity contribution in [2.45, 2.75) is 13.8 Å². The first-order valence-electron chi connectivity index (χ1n) is 10.2. The number of aromatic nitrogens is 1. The van der Waals surface area contributed by atoms with E-state index in [-0.39, 0.29) is 18.1 Å². The first kappa shape index (κ1) is 20.2. The van der Waals surface area contributed by atoms with Gasteiger partial charge in [0.05, 0.1) is 31.1 Å². The number of anilines is 2. The van der Waals surface area contributed by atoms with Gasteiger partial charge in [0.25, 0.3) is 0 Å². The van der Waals surface area contributed by atoms with E-state index >= 15 is 0 Å². The predicted octanol–water partition coefficient (Wildman–Crippen LogP) is 4.36. The zero-order chi connectivity index (χ0) is 21.1. The van der Waals surface area contributed by atoms with Gasteiger partial charge in [0.15, 0.2) is 5.78 Å². The minimum absolute atomic E-state index is 0.0215. The molecule has 1 aliphatic heterocycles. The molecular formula is C24H26FN3O2. The molecule has 0 aliphatic carbocycles. The number of ether oxygens (including phenoxy) is 1. The van der Waals surface area contributed by atoms with Crippen LogP contribution in [0.4, 0.5) is 15.8 Å². The fourth-order valence-corrected chi connectivity index (χ4v) is 4.01. The Hall–Kier alpha value is -3.12. The van der Waals surface area contributed by atoms with E-state index in [2.05, 4.69) is 16.3 Å². The molecule has 0 atom stereocenters. The molecule has 4 rings (SSSR count). The quantitative estimate of drug-likeness (QED) is 0.617. The smallest absolute Gasteiger partial charge is 0.183 e. The number of aryl methyl sites for hydroxylation is 1. The van der Waals surface area contributed by atoms with E-state index in [1.54, 1.807) is 12.1 Å². The minimum atomic E-state index is -0.277. The fourth-order valence-electron chi connectivity index (χ4n) is 4.01. The molecule has 6 heteroatoms. The summed E-state index contributed by atoms with van der Waals surface area (Å²) < 4.78 is 20.7. The monoisotopic (exact) mass is 407 g/mol. The Balaban J connectivity index is 1.52. The van der Waals surface area contributed by atoms with Crippen LogP contribution in [0.25, 0.3) is 5.69 Å². The van der Waals surface area contributed by atoms with E-state index in [9.17, 15) is 9.18 Å². The Labute approximate surface area is 176 Å². The third-order valence-corrected chi connectivity index (χ3v) is 5.51. The Morgan fingerprint density at radius 3 is 2.50 bits per heavy atom.